The van der Waals surface area contributed by atoms with E-state index in [0.29, 0.717) is 0 Å². The van der Waals surface area contributed by atoms with E-state index in [1.807, 2.05) is 18.2 Å². The van der Waals surface area contributed by atoms with Gasteiger partial charge in [-0.25, -0.2) is 4.79 Å². The molecule has 3 rings (SSSR count). The molecule has 2 heterocycles. The summed E-state index contributed by atoms with van der Waals surface area (Å²) < 4.78 is 5.43. The number of hydrogen-bond donors (Lipinski definition) is 2. The SMILES string of the molecule is C[C@@]12OC(=O)[C@]1([C@@H](O)[C@@H]1C=CCCC1)NC(=O)[C@]2(C)CCC#N. The Kier molecular flexibility index (Phi) is 3.53. The smallest absolute Gasteiger partial charge is 0.339 e. The molecule has 0 unspecified atom stereocenters. The number of nitrogens with zero attached hydrogens (tertiary/aromatic N) is 1. The fraction of sp³-hybridized carbons (Fsp3) is 0.706. The average molecular weight is 318 g/mol. The number of nitrogens with one attached hydrogen (secondary N) is 1. The fourth-order valence-electron chi connectivity index (χ4n) is 4.30. The van der Waals surface area contributed by atoms with Gasteiger partial charge < -0.3 is 15.2 Å². The van der Waals surface area contributed by atoms with Crippen LogP contribution in [-0.2, 0) is 14.3 Å². The third kappa shape index (κ3) is 1.77. The molecule has 0 aromatic heterocycles. The Hall–Kier alpha value is -1.87. The first kappa shape index (κ1) is 16.0. The number of hydrogen-bond acceptors (Lipinski definition) is 5. The lowest BCUT2D eigenvalue weighted by Gasteiger charge is -2.56. The summed E-state index contributed by atoms with van der Waals surface area (Å²) in [4.78, 5) is 25.0. The van der Waals surface area contributed by atoms with E-state index >= 15 is 0 Å². The van der Waals surface area contributed by atoms with Crippen molar-refractivity contribution in [2.24, 2.45) is 11.3 Å². The second-order valence-corrected chi connectivity index (χ2v) is 7.14. The molecule has 3 aliphatic rings. The molecule has 124 valence electrons. The standard InChI is InChI=1S/C17H22N2O4/c1-15(9-6-10-18)13(21)19-17(14(22)23-16(15,17)2)12(20)11-7-4-3-5-8-11/h4,7,11-12,20H,3,5-6,8-9H2,1-2H3,(H,19,21)/t11-,12+,15+,16+,17+/m1/s1. The minimum Gasteiger partial charge on any atom is -0.453 e. The van der Waals surface area contributed by atoms with Crippen LogP contribution in [0.25, 0.3) is 0 Å². The number of aliphatic hydroxyl groups is 1. The van der Waals surface area contributed by atoms with Crippen molar-refractivity contribution in [2.45, 2.75) is 63.2 Å². The zero-order chi connectivity index (χ0) is 16.9. The Bertz CT molecular complexity index is 625. The average Bonchev–Trinajstić information content (AvgIpc) is 2.69. The van der Waals surface area contributed by atoms with E-state index in [-0.39, 0.29) is 24.7 Å². The molecule has 0 radical (unpaired) electrons. The molecular weight excluding hydrogens is 296 g/mol. The van der Waals surface area contributed by atoms with Gasteiger partial charge >= 0.3 is 5.97 Å². The molecule has 0 saturated carbocycles. The third-order valence-corrected chi connectivity index (χ3v) is 6.11. The molecule has 2 aliphatic heterocycles. The summed E-state index contributed by atoms with van der Waals surface area (Å²) in [6.07, 6.45) is 6.05. The number of amides is 1. The number of ether oxygens (including phenoxy) is 1. The largest absolute Gasteiger partial charge is 0.453 e. The third-order valence-electron chi connectivity index (χ3n) is 6.11. The first-order chi connectivity index (χ1) is 10.8. The number of rotatable bonds is 4. The first-order valence-electron chi connectivity index (χ1n) is 8.11. The summed E-state index contributed by atoms with van der Waals surface area (Å²) in [6, 6.07) is 2.04. The second-order valence-electron chi connectivity index (χ2n) is 7.14. The molecule has 0 spiro atoms. The van der Waals surface area contributed by atoms with E-state index in [1.165, 1.54) is 0 Å². The quantitative estimate of drug-likeness (QED) is 0.599. The maximum Gasteiger partial charge on any atom is 0.339 e. The Labute approximate surface area is 135 Å². The molecule has 6 heteroatoms. The molecule has 1 aliphatic carbocycles. The van der Waals surface area contributed by atoms with Crippen LogP contribution < -0.4 is 5.32 Å². The zero-order valence-corrected chi connectivity index (χ0v) is 13.5. The van der Waals surface area contributed by atoms with Gasteiger partial charge in [-0.05, 0) is 39.5 Å². The topological polar surface area (TPSA) is 99.4 Å². The van der Waals surface area contributed by atoms with Gasteiger partial charge in [0.05, 0.1) is 17.6 Å². The highest BCUT2D eigenvalue weighted by Crippen LogP contribution is 2.59. The molecule has 5 atom stereocenters. The van der Waals surface area contributed by atoms with Gasteiger partial charge in [0, 0.05) is 12.3 Å². The van der Waals surface area contributed by atoms with Crippen molar-refractivity contribution in [3.8, 4) is 6.07 Å². The summed E-state index contributed by atoms with van der Waals surface area (Å²) in [5, 5.41) is 22.5. The van der Waals surface area contributed by atoms with Crippen molar-refractivity contribution in [1.82, 2.24) is 5.32 Å². The summed E-state index contributed by atoms with van der Waals surface area (Å²) in [6.45, 7) is 3.40. The van der Waals surface area contributed by atoms with Crippen LogP contribution in [0, 0.1) is 22.7 Å². The van der Waals surface area contributed by atoms with Crippen LogP contribution in [0.4, 0.5) is 0 Å². The molecule has 6 nitrogen and oxygen atoms in total. The molecule has 2 saturated heterocycles. The van der Waals surface area contributed by atoms with E-state index < -0.39 is 28.6 Å². The van der Waals surface area contributed by atoms with Crippen LogP contribution in [0.2, 0.25) is 0 Å². The molecule has 0 aromatic rings. The van der Waals surface area contributed by atoms with Crippen LogP contribution in [0.5, 0.6) is 0 Å². The van der Waals surface area contributed by atoms with E-state index in [9.17, 15) is 14.7 Å². The van der Waals surface area contributed by atoms with Crippen molar-refractivity contribution in [2.75, 3.05) is 0 Å². The molecule has 23 heavy (non-hydrogen) atoms. The van der Waals surface area contributed by atoms with E-state index in [2.05, 4.69) is 5.32 Å². The number of allylic oxidation sites excluding steroid dienone is 1. The monoisotopic (exact) mass is 318 g/mol. The molecule has 2 N–H and O–H groups in total. The van der Waals surface area contributed by atoms with Gasteiger partial charge in [-0.15, -0.1) is 0 Å². The minimum atomic E-state index is -1.42. The molecule has 2 fully saturated rings. The Morgan fingerprint density at radius 3 is 2.83 bits per heavy atom. The highest BCUT2D eigenvalue weighted by molar-refractivity contribution is 6.03. The molecule has 1 amide bonds. The van der Waals surface area contributed by atoms with Crippen molar-refractivity contribution in [3.63, 3.8) is 0 Å². The van der Waals surface area contributed by atoms with Crippen molar-refractivity contribution in [1.29, 1.82) is 5.26 Å². The van der Waals surface area contributed by atoms with Crippen LogP contribution in [0.15, 0.2) is 12.2 Å². The lowest BCUT2D eigenvalue weighted by Crippen LogP contribution is -2.81. The van der Waals surface area contributed by atoms with Crippen molar-refractivity contribution >= 4 is 11.9 Å². The normalized spacial score (nSPS) is 43.0. The zero-order valence-electron chi connectivity index (χ0n) is 13.5. The van der Waals surface area contributed by atoms with Crippen LogP contribution in [0.3, 0.4) is 0 Å². The van der Waals surface area contributed by atoms with E-state index in [4.69, 9.17) is 10.00 Å². The van der Waals surface area contributed by atoms with Gasteiger partial charge in [0.1, 0.15) is 0 Å². The lowest BCUT2D eigenvalue weighted by molar-refractivity contribution is -0.249. The Morgan fingerprint density at radius 2 is 2.26 bits per heavy atom. The van der Waals surface area contributed by atoms with Gasteiger partial charge in [0.25, 0.3) is 0 Å². The number of aliphatic hydroxyl groups excluding tert-OH is 1. The number of fused-ring (bicyclic) bond motifs is 1. The lowest BCUT2D eigenvalue weighted by atomic mass is 9.58. The number of nitriles is 1. The Morgan fingerprint density at radius 1 is 1.52 bits per heavy atom. The highest BCUT2D eigenvalue weighted by Gasteiger charge is 2.83. The first-order valence-corrected chi connectivity index (χ1v) is 8.11. The minimum absolute atomic E-state index is 0.186. The maximum atomic E-state index is 12.6. The number of carbonyl (C=O) groups is 2. The Balaban J connectivity index is 1.99. The van der Waals surface area contributed by atoms with Gasteiger partial charge in [-0.1, -0.05) is 12.2 Å². The van der Waals surface area contributed by atoms with E-state index in [1.54, 1.807) is 13.8 Å². The van der Waals surface area contributed by atoms with Crippen LogP contribution in [0.1, 0.15) is 46.0 Å². The fourth-order valence-corrected chi connectivity index (χ4v) is 4.30. The summed E-state index contributed by atoms with van der Waals surface area (Å²) in [5.74, 6) is -1.10. The maximum absolute atomic E-state index is 12.6. The molecular formula is C17H22N2O4. The second kappa shape index (κ2) is 5.07. The predicted octanol–water partition coefficient (Wildman–Crippen LogP) is 1.20. The highest BCUT2D eigenvalue weighted by atomic mass is 16.6. The van der Waals surface area contributed by atoms with Crippen molar-refractivity contribution < 1.29 is 19.4 Å². The molecule has 0 aromatic carbocycles. The predicted molar refractivity (Wildman–Crippen MR) is 80.8 cm³/mol. The van der Waals surface area contributed by atoms with E-state index in [0.717, 1.165) is 19.3 Å². The van der Waals surface area contributed by atoms with Crippen molar-refractivity contribution in [3.05, 3.63) is 12.2 Å². The number of carbonyl (C=O) groups excluding carboxylic acids is 2. The molecule has 0 bridgehead atoms. The van der Waals surface area contributed by atoms with Gasteiger partial charge in [0.15, 0.2) is 5.60 Å². The number of esters is 1. The summed E-state index contributed by atoms with van der Waals surface area (Å²) in [5.41, 5.74) is -3.58. The van der Waals surface area contributed by atoms with Gasteiger partial charge in [0.2, 0.25) is 11.4 Å². The van der Waals surface area contributed by atoms with Gasteiger partial charge in [-0.3, -0.25) is 4.79 Å². The van der Waals surface area contributed by atoms with Crippen LogP contribution in [-0.4, -0.2) is 34.2 Å². The summed E-state index contributed by atoms with van der Waals surface area (Å²) >= 11 is 0. The summed E-state index contributed by atoms with van der Waals surface area (Å²) in [7, 11) is 0. The van der Waals surface area contributed by atoms with Crippen LogP contribution >= 0.6 is 0 Å². The van der Waals surface area contributed by atoms with Gasteiger partial charge in [-0.2, -0.15) is 5.26 Å².